The van der Waals surface area contributed by atoms with E-state index in [1.165, 1.54) is 38.5 Å². The second kappa shape index (κ2) is 9.93. The van der Waals surface area contributed by atoms with Gasteiger partial charge in [-0.15, -0.1) is 0 Å². The number of hydrogen-bond donors (Lipinski definition) is 0. The molecule has 3 unspecified atom stereocenters. The third-order valence-corrected chi connectivity index (χ3v) is 4.00. The van der Waals surface area contributed by atoms with Gasteiger partial charge in [0.25, 0.3) is 0 Å². The van der Waals surface area contributed by atoms with Crippen LogP contribution in [0.5, 0.6) is 0 Å². The van der Waals surface area contributed by atoms with Gasteiger partial charge in [0.15, 0.2) is 0 Å². The lowest BCUT2D eigenvalue weighted by atomic mass is 9.78. The van der Waals surface area contributed by atoms with Gasteiger partial charge in [0.05, 0.1) is 0 Å². The van der Waals surface area contributed by atoms with Gasteiger partial charge in [-0.3, -0.25) is 0 Å². The highest BCUT2D eigenvalue weighted by Gasteiger charge is 2.19. The molecule has 0 heteroatoms. The Labute approximate surface area is 104 Å². The maximum atomic E-state index is 2.45. The van der Waals surface area contributed by atoms with Crippen LogP contribution in [0.3, 0.4) is 0 Å². The fourth-order valence-electron chi connectivity index (χ4n) is 2.46. The van der Waals surface area contributed by atoms with E-state index < -0.39 is 0 Å². The summed E-state index contributed by atoms with van der Waals surface area (Å²) in [7, 11) is 0. The molecule has 0 nitrogen and oxygen atoms in total. The number of rotatable bonds is 9. The second-order valence-corrected chi connectivity index (χ2v) is 5.26. The van der Waals surface area contributed by atoms with Crippen LogP contribution in [0.15, 0.2) is 12.2 Å². The second-order valence-electron chi connectivity index (χ2n) is 5.26. The zero-order chi connectivity index (χ0) is 12.4. The van der Waals surface area contributed by atoms with Gasteiger partial charge >= 0.3 is 0 Å². The van der Waals surface area contributed by atoms with Crippen LogP contribution in [-0.4, -0.2) is 0 Å². The van der Waals surface area contributed by atoms with Gasteiger partial charge in [0.2, 0.25) is 0 Å². The lowest BCUT2D eigenvalue weighted by molar-refractivity contribution is 0.238. The van der Waals surface area contributed by atoms with Crippen molar-refractivity contribution in [3.63, 3.8) is 0 Å². The van der Waals surface area contributed by atoms with Crippen LogP contribution >= 0.6 is 0 Å². The van der Waals surface area contributed by atoms with E-state index in [1.54, 1.807) is 0 Å². The monoisotopic (exact) mass is 224 g/mol. The molecule has 0 aromatic heterocycles. The van der Waals surface area contributed by atoms with Crippen LogP contribution in [0.1, 0.15) is 73.1 Å². The van der Waals surface area contributed by atoms with Crippen LogP contribution in [0, 0.1) is 17.8 Å². The highest BCUT2D eigenvalue weighted by atomic mass is 14.2. The normalized spacial score (nSPS) is 17.6. The highest BCUT2D eigenvalue weighted by molar-refractivity contribution is 4.84. The van der Waals surface area contributed by atoms with Crippen molar-refractivity contribution in [2.75, 3.05) is 0 Å². The van der Waals surface area contributed by atoms with Crippen LogP contribution in [0.2, 0.25) is 0 Å². The van der Waals surface area contributed by atoms with Crippen molar-refractivity contribution in [3.05, 3.63) is 12.2 Å². The van der Waals surface area contributed by atoms with Gasteiger partial charge in [-0.05, 0) is 30.6 Å². The predicted molar refractivity (Wildman–Crippen MR) is 75.7 cm³/mol. The van der Waals surface area contributed by atoms with Gasteiger partial charge in [0.1, 0.15) is 0 Å². The SMILES string of the molecule is CC/C=C\CC(C)C(C)C(CC)CCCC. The molecule has 0 fully saturated rings. The average Bonchev–Trinajstić information content (AvgIpc) is 2.30. The van der Waals surface area contributed by atoms with Gasteiger partial charge in [0, 0.05) is 0 Å². The Morgan fingerprint density at radius 1 is 1.00 bits per heavy atom. The third-order valence-electron chi connectivity index (χ3n) is 4.00. The Bertz CT molecular complexity index is 169. The highest BCUT2D eigenvalue weighted by Crippen LogP contribution is 2.29. The van der Waals surface area contributed by atoms with E-state index in [1.807, 2.05) is 0 Å². The smallest absolute Gasteiger partial charge is 0.0322 e. The van der Waals surface area contributed by atoms with Gasteiger partial charge < -0.3 is 0 Å². The minimum atomic E-state index is 0.838. The molecule has 96 valence electrons. The Kier molecular flexibility index (Phi) is 9.77. The summed E-state index contributed by atoms with van der Waals surface area (Å²) < 4.78 is 0. The fourth-order valence-corrected chi connectivity index (χ4v) is 2.46. The summed E-state index contributed by atoms with van der Waals surface area (Å²) in [4.78, 5) is 0. The van der Waals surface area contributed by atoms with E-state index in [-0.39, 0.29) is 0 Å². The maximum absolute atomic E-state index is 2.45. The number of unbranched alkanes of at least 4 members (excludes halogenated alkanes) is 1. The molecule has 0 aliphatic heterocycles. The van der Waals surface area contributed by atoms with Gasteiger partial charge in [-0.2, -0.15) is 0 Å². The number of allylic oxidation sites excluding steroid dienone is 2. The van der Waals surface area contributed by atoms with Crippen LogP contribution in [0.4, 0.5) is 0 Å². The predicted octanol–water partition coefficient (Wildman–Crippen LogP) is 5.83. The van der Waals surface area contributed by atoms with E-state index in [9.17, 15) is 0 Å². The summed E-state index contributed by atoms with van der Waals surface area (Å²) >= 11 is 0. The first-order valence-corrected chi connectivity index (χ1v) is 7.32. The topological polar surface area (TPSA) is 0 Å². The lowest BCUT2D eigenvalue weighted by Gasteiger charge is -2.27. The maximum Gasteiger partial charge on any atom is -0.0322 e. The Balaban J connectivity index is 4.04. The van der Waals surface area contributed by atoms with Crippen LogP contribution in [-0.2, 0) is 0 Å². The summed E-state index contributed by atoms with van der Waals surface area (Å²) in [6.07, 6.45) is 12.6. The summed E-state index contributed by atoms with van der Waals surface area (Å²) in [6, 6.07) is 0. The Morgan fingerprint density at radius 3 is 2.19 bits per heavy atom. The largest absolute Gasteiger partial charge is 0.0888 e. The molecule has 0 saturated heterocycles. The van der Waals surface area contributed by atoms with Crippen molar-refractivity contribution in [1.82, 2.24) is 0 Å². The molecule has 0 radical (unpaired) electrons. The summed E-state index contributed by atoms with van der Waals surface area (Å²) in [6.45, 7) is 11.7. The van der Waals surface area contributed by atoms with Gasteiger partial charge in [-0.25, -0.2) is 0 Å². The van der Waals surface area contributed by atoms with Crippen LogP contribution < -0.4 is 0 Å². The molecule has 0 spiro atoms. The molecule has 0 aliphatic rings. The van der Waals surface area contributed by atoms with Crippen molar-refractivity contribution in [3.8, 4) is 0 Å². The quantitative estimate of drug-likeness (QED) is 0.432. The van der Waals surface area contributed by atoms with E-state index in [2.05, 4.69) is 46.8 Å². The van der Waals surface area contributed by atoms with Crippen molar-refractivity contribution in [2.24, 2.45) is 17.8 Å². The molecule has 16 heavy (non-hydrogen) atoms. The number of hydrogen-bond acceptors (Lipinski definition) is 0. The fraction of sp³-hybridized carbons (Fsp3) is 0.875. The van der Waals surface area contributed by atoms with Crippen molar-refractivity contribution < 1.29 is 0 Å². The standard InChI is InChI=1S/C16H32/c1-6-9-11-12-14(4)15(5)16(8-3)13-10-7-2/h9,11,14-16H,6-8,10,12-13H2,1-5H3/b11-9-. The van der Waals surface area contributed by atoms with Crippen molar-refractivity contribution in [1.29, 1.82) is 0 Å². The third kappa shape index (κ3) is 6.35. The van der Waals surface area contributed by atoms with Crippen LogP contribution in [0.25, 0.3) is 0 Å². The lowest BCUT2D eigenvalue weighted by Crippen LogP contribution is -2.18. The molecule has 3 atom stereocenters. The molecule has 0 heterocycles. The van der Waals surface area contributed by atoms with Crippen molar-refractivity contribution in [2.45, 2.75) is 73.1 Å². The zero-order valence-corrected chi connectivity index (χ0v) is 12.1. The summed E-state index contributed by atoms with van der Waals surface area (Å²) in [5, 5.41) is 0. The van der Waals surface area contributed by atoms with E-state index >= 15 is 0 Å². The summed E-state index contributed by atoms with van der Waals surface area (Å²) in [5.74, 6) is 2.65. The van der Waals surface area contributed by atoms with E-state index in [4.69, 9.17) is 0 Å². The molecule has 0 aliphatic carbocycles. The molecule has 0 saturated carbocycles. The average molecular weight is 224 g/mol. The first-order valence-electron chi connectivity index (χ1n) is 7.32. The summed E-state index contributed by atoms with van der Waals surface area (Å²) in [5.41, 5.74) is 0. The first-order chi connectivity index (χ1) is 7.67. The van der Waals surface area contributed by atoms with E-state index in [0.29, 0.717) is 0 Å². The molecule has 0 bridgehead atoms. The molecular weight excluding hydrogens is 192 g/mol. The molecule has 0 aromatic rings. The molecular formula is C16H32. The molecule has 0 N–H and O–H groups in total. The minimum absolute atomic E-state index is 0.838. The minimum Gasteiger partial charge on any atom is -0.0888 e. The molecule has 0 amide bonds. The van der Waals surface area contributed by atoms with E-state index in [0.717, 1.165) is 17.8 Å². The molecule has 0 aromatic carbocycles. The molecule has 0 rings (SSSR count). The first kappa shape index (κ1) is 15.7. The Hall–Kier alpha value is -0.260. The van der Waals surface area contributed by atoms with Crippen molar-refractivity contribution >= 4 is 0 Å². The Morgan fingerprint density at radius 2 is 1.69 bits per heavy atom. The zero-order valence-electron chi connectivity index (χ0n) is 12.1. The van der Waals surface area contributed by atoms with Gasteiger partial charge in [-0.1, -0.05) is 72.5 Å².